The van der Waals surface area contributed by atoms with E-state index in [-0.39, 0.29) is 17.4 Å². The fraction of sp³-hybridized carbons (Fsp3) is 0.286. The van der Waals surface area contributed by atoms with Gasteiger partial charge in [-0.1, -0.05) is 12.1 Å². The van der Waals surface area contributed by atoms with Crippen molar-refractivity contribution in [3.05, 3.63) is 59.3 Å². The molecule has 2 aromatic rings. The summed E-state index contributed by atoms with van der Waals surface area (Å²) in [5, 5.41) is 6.16. The van der Waals surface area contributed by atoms with Crippen LogP contribution >= 0.6 is 0 Å². The Kier molecular flexibility index (Phi) is 5.06. The smallest absolute Gasteiger partial charge is 0.258 e. The molecule has 1 amide bonds. The van der Waals surface area contributed by atoms with Gasteiger partial charge in [0.15, 0.2) is 9.84 Å². The van der Waals surface area contributed by atoms with E-state index in [0.29, 0.717) is 24.4 Å². The number of rotatable bonds is 4. The monoisotopic (exact) mass is 412 g/mol. The number of hydrogen-bond acceptors (Lipinski definition) is 6. The third kappa shape index (κ3) is 4.28. The first kappa shape index (κ1) is 19.5. The Morgan fingerprint density at radius 3 is 2.52 bits per heavy atom. The van der Waals surface area contributed by atoms with Gasteiger partial charge in [-0.25, -0.2) is 8.42 Å². The van der Waals surface area contributed by atoms with Crippen molar-refractivity contribution < 1.29 is 13.2 Å². The first-order valence-electron chi connectivity index (χ1n) is 9.52. The van der Waals surface area contributed by atoms with Crippen molar-refractivity contribution in [2.45, 2.75) is 13.5 Å². The Morgan fingerprint density at radius 2 is 1.83 bits per heavy atom. The molecule has 0 saturated carbocycles. The fourth-order valence-corrected chi connectivity index (χ4v) is 4.97. The van der Waals surface area contributed by atoms with Crippen LogP contribution in [0, 0.1) is 0 Å². The quantitative estimate of drug-likeness (QED) is 0.526. The van der Waals surface area contributed by atoms with Crippen LogP contribution in [0.3, 0.4) is 0 Å². The minimum Gasteiger partial charge on any atom is -0.399 e. The van der Waals surface area contributed by atoms with E-state index in [1.54, 1.807) is 12.1 Å². The highest BCUT2D eigenvalue weighted by Gasteiger charge is 2.26. The van der Waals surface area contributed by atoms with Crippen LogP contribution in [0.25, 0.3) is 5.57 Å². The lowest BCUT2D eigenvalue weighted by Crippen LogP contribution is -2.39. The highest BCUT2D eigenvalue weighted by molar-refractivity contribution is 7.91. The number of anilines is 3. The van der Waals surface area contributed by atoms with Gasteiger partial charge >= 0.3 is 0 Å². The van der Waals surface area contributed by atoms with Crippen LogP contribution in [0.1, 0.15) is 18.1 Å². The molecule has 2 heterocycles. The Bertz CT molecular complexity index is 1080. The maximum atomic E-state index is 12.4. The first-order valence-corrected chi connectivity index (χ1v) is 11.3. The van der Waals surface area contributed by atoms with Gasteiger partial charge in [0.2, 0.25) is 0 Å². The van der Waals surface area contributed by atoms with Crippen LogP contribution in [0.15, 0.2) is 48.2 Å². The van der Waals surface area contributed by atoms with E-state index in [2.05, 4.69) is 15.5 Å². The molecule has 29 heavy (non-hydrogen) atoms. The van der Waals surface area contributed by atoms with Crippen molar-refractivity contribution in [1.82, 2.24) is 4.90 Å². The molecular weight excluding hydrogens is 388 g/mol. The van der Waals surface area contributed by atoms with Crippen LogP contribution in [0.4, 0.5) is 17.1 Å². The second-order valence-corrected chi connectivity index (χ2v) is 9.81. The zero-order valence-electron chi connectivity index (χ0n) is 16.2. The van der Waals surface area contributed by atoms with Crippen LogP contribution in [0.5, 0.6) is 0 Å². The number of nitrogens with zero attached hydrogens (tertiary/aromatic N) is 1. The van der Waals surface area contributed by atoms with Crippen LogP contribution in [-0.4, -0.2) is 43.8 Å². The number of hydrogen-bond donors (Lipinski definition) is 3. The second kappa shape index (κ2) is 7.53. The molecule has 7 nitrogen and oxygen atoms in total. The number of nitrogen functional groups attached to an aromatic ring is 1. The Labute approximate surface area is 170 Å². The van der Waals surface area contributed by atoms with Crippen molar-refractivity contribution in [1.29, 1.82) is 0 Å². The van der Waals surface area contributed by atoms with Gasteiger partial charge in [-0.3, -0.25) is 9.69 Å². The minimum absolute atomic E-state index is 0.146. The predicted molar refractivity (Wildman–Crippen MR) is 116 cm³/mol. The average molecular weight is 413 g/mol. The van der Waals surface area contributed by atoms with Gasteiger partial charge in [-0.2, -0.15) is 0 Å². The van der Waals surface area contributed by atoms with E-state index in [1.807, 2.05) is 37.3 Å². The molecule has 2 aliphatic rings. The number of fused-ring (bicyclic) bond motifs is 1. The summed E-state index contributed by atoms with van der Waals surface area (Å²) in [6.07, 6.45) is 0. The maximum Gasteiger partial charge on any atom is 0.258 e. The summed E-state index contributed by atoms with van der Waals surface area (Å²) in [4.78, 5) is 14.6. The molecule has 0 atom stereocenters. The van der Waals surface area contributed by atoms with E-state index in [1.165, 1.54) is 0 Å². The number of benzene rings is 2. The number of amides is 1. The zero-order chi connectivity index (χ0) is 20.6. The van der Waals surface area contributed by atoms with Crippen LogP contribution in [-0.2, 0) is 21.2 Å². The highest BCUT2D eigenvalue weighted by atomic mass is 32.2. The number of nitrogens with one attached hydrogen (secondary N) is 2. The molecule has 2 aromatic carbocycles. The summed E-state index contributed by atoms with van der Waals surface area (Å²) in [5.41, 5.74) is 11.4. The number of carbonyl (C=O) groups excluding carboxylic acids is 1. The standard InChI is InChI=1S/C21H24N4O3S/c1-14(20-18-12-16(22)4-7-19(18)24-21(20)26)23-17-5-2-15(3-6-17)13-25-8-10-29(27,28)11-9-25/h2-7,12,23H,8-11,13,22H2,1H3,(H,24,26)/b20-14-. The van der Waals surface area contributed by atoms with Crippen molar-refractivity contribution >= 4 is 38.4 Å². The summed E-state index contributed by atoms with van der Waals surface area (Å²) in [5.74, 6) is 0.313. The summed E-state index contributed by atoms with van der Waals surface area (Å²) in [7, 11) is -2.86. The van der Waals surface area contributed by atoms with Gasteiger partial charge in [0.25, 0.3) is 5.91 Å². The van der Waals surface area contributed by atoms with Crippen molar-refractivity contribution in [2.24, 2.45) is 0 Å². The molecule has 4 N–H and O–H groups in total. The largest absolute Gasteiger partial charge is 0.399 e. The molecule has 0 bridgehead atoms. The van der Waals surface area contributed by atoms with Crippen LogP contribution < -0.4 is 16.4 Å². The van der Waals surface area contributed by atoms with Crippen molar-refractivity contribution in [2.75, 3.05) is 41.0 Å². The molecule has 0 spiro atoms. The topological polar surface area (TPSA) is 105 Å². The maximum absolute atomic E-state index is 12.4. The molecule has 0 aromatic heterocycles. The molecule has 0 unspecified atom stereocenters. The first-order chi connectivity index (χ1) is 13.8. The third-order valence-electron chi connectivity index (χ3n) is 5.29. The van der Waals surface area contributed by atoms with Gasteiger partial charge in [-0.15, -0.1) is 0 Å². The summed E-state index contributed by atoms with van der Waals surface area (Å²) < 4.78 is 23.1. The van der Waals surface area contributed by atoms with E-state index < -0.39 is 9.84 Å². The molecule has 0 radical (unpaired) electrons. The van der Waals surface area contributed by atoms with E-state index >= 15 is 0 Å². The normalized spacial score (nSPS) is 20.1. The molecule has 152 valence electrons. The molecule has 0 aliphatic carbocycles. The SMILES string of the molecule is C/C(Nc1ccc(CN2CCS(=O)(=O)CC2)cc1)=C1/C(=O)Nc2ccc(N)cc21. The average Bonchev–Trinajstić information content (AvgIpc) is 3.00. The molecular formula is C21H24N4O3S. The Balaban J connectivity index is 1.46. The Hall–Kier alpha value is -2.84. The molecule has 1 saturated heterocycles. The minimum atomic E-state index is -2.86. The molecule has 2 aliphatic heterocycles. The zero-order valence-corrected chi connectivity index (χ0v) is 17.1. The lowest BCUT2D eigenvalue weighted by Gasteiger charge is -2.26. The van der Waals surface area contributed by atoms with E-state index in [0.717, 1.165) is 34.7 Å². The highest BCUT2D eigenvalue weighted by Crippen LogP contribution is 2.35. The predicted octanol–water partition coefficient (Wildman–Crippen LogP) is 2.29. The van der Waals surface area contributed by atoms with Gasteiger partial charge < -0.3 is 16.4 Å². The number of sulfone groups is 1. The van der Waals surface area contributed by atoms with Crippen LogP contribution in [0.2, 0.25) is 0 Å². The lowest BCUT2D eigenvalue weighted by molar-refractivity contribution is -0.110. The number of nitrogens with two attached hydrogens (primary N) is 1. The molecule has 1 fully saturated rings. The third-order valence-corrected chi connectivity index (χ3v) is 6.90. The fourth-order valence-electron chi connectivity index (χ4n) is 3.70. The molecule has 4 rings (SSSR count). The van der Waals surface area contributed by atoms with E-state index in [4.69, 9.17) is 5.73 Å². The van der Waals surface area contributed by atoms with Gasteiger partial charge in [0, 0.05) is 48.0 Å². The molecule has 8 heteroatoms. The lowest BCUT2D eigenvalue weighted by atomic mass is 10.0. The van der Waals surface area contributed by atoms with E-state index in [9.17, 15) is 13.2 Å². The van der Waals surface area contributed by atoms with Crippen molar-refractivity contribution in [3.8, 4) is 0 Å². The van der Waals surface area contributed by atoms with Gasteiger partial charge in [0.05, 0.1) is 17.1 Å². The summed E-state index contributed by atoms with van der Waals surface area (Å²) >= 11 is 0. The number of carbonyl (C=O) groups is 1. The number of allylic oxidation sites excluding steroid dienone is 1. The Morgan fingerprint density at radius 1 is 1.14 bits per heavy atom. The van der Waals surface area contributed by atoms with Gasteiger partial charge in [0.1, 0.15) is 0 Å². The summed E-state index contributed by atoms with van der Waals surface area (Å²) in [6.45, 7) is 3.75. The van der Waals surface area contributed by atoms with Gasteiger partial charge in [-0.05, 0) is 42.8 Å². The summed E-state index contributed by atoms with van der Waals surface area (Å²) in [6, 6.07) is 13.3. The van der Waals surface area contributed by atoms with Crippen molar-refractivity contribution in [3.63, 3.8) is 0 Å². The second-order valence-electron chi connectivity index (χ2n) is 7.51.